The molecule has 1 heterocycles. The van der Waals surface area contributed by atoms with E-state index >= 15 is 0 Å². The lowest BCUT2D eigenvalue weighted by molar-refractivity contribution is 0.103. The first-order valence-electron chi connectivity index (χ1n) is 5.84. The Bertz CT molecular complexity index is 638. The average Bonchev–Trinajstić information content (AvgIpc) is 2.41. The third-order valence-electron chi connectivity index (χ3n) is 3.14. The van der Waals surface area contributed by atoms with Crippen LogP contribution in [0.5, 0.6) is 5.75 Å². The fourth-order valence-corrected chi connectivity index (χ4v) is 1.94. The summed E-state index contributed by atoms with van der Waals surface area (Å²) in [6, 6.07) is 4.85. The summed E-state index contributed by atoms with van der Waals surface area (Å²) >= 11 is 0. The second-order valence-electron chi connectivity index (χ2n) is 4.27. The molecule has 0 amide bonds. The van der Waals surface area contributed by atoms with E-state index in [-0.39, 0.29) is 5.56 Å². The number of halogens is 1. The first kappa shape index (κ1) is 13.2. The minimum Gasteiger partial charge on any atom is -0.496 e. The van der Waals surface area contributed by atoms with Crippen LogP contribution in [-0.4, -0.2) is 17.9 Å². The number of ether oxygens (including phenoxy) is 1. The summed E-state index contributed by atoms with van der Waals surface area (Å²) in [6.07, 6.45) is 2.42. The lowest BCUT2D eigenvalue weighted by Gasteiger charge is -2.12. The maximum absolute atomic E-state index is 13.6. The van der Waals surface area contributed by atoms with Crippen molar-refractivity contribution < 1.29 is 13.9 Å². The van der Waals surface area contributed by atoms with Gasteiger partial charge in [0.2, 0.25) is 0 Å². The van der Waals surface area contributed by atoms with Crippen molar-refractivity contribution in [1.82, 2.24) is 4.98 Å². The average molecular weight is 259 g/mol. The molecule has 0 aliphatic rings. The summed E-state index contributed by atoms with van der Waals surface area (Å²) in [4.78, 5) is 16.0. The molecule has 4 heteroatoms. The van der Waals surface area contributed by atoms with Crippen molar-refractivity contribution in [3.63, 3.8) is 0 Å². The van der Waals surface area contributed by atoms with Gasteiger partial charge in [-0.15, -0.1) is 0 Å². The minimum absolute atomic E-state index is 0.00319. The van der Waals surface area contributed by atoms with Crippen LogP contribution < -0.4 is 4.74 Å². The first-order chi connectivity index (χ1) is 9.06. The summed E-state index contributed by atoms with van der Waals surface area (Å²) in [5, 5.41) is 0. The SMILES string of the molecule is COc1c(C(=O)c2ccncc2F)ccc(C)c1C. The van der Waals surface area contributed by atoms with E-state index in [1.807, 2.05) is 19.9 Å². The van der Waals surface area contributed by atoms with Crippen LogP contribution in [0.4, 0.5) is 4.39 Å². The Balaban J connectivity index is 2.57. The van der Waals surface area contributed by atoms with Crippen molar-refractivity contribution in [2.75, 3.05) is 7.11 Å². The molecule has 0 N–H and O–H groups in total. The molecule has 0 saturated carbocycles. The van der Waals surface area contributed by atoms with Gasteiger partial charge >= 0.3 is 0 Å². The van der Waals surface area contributed by atoms with Gasteiger partial charge in [0.15, 0.2) is 11.6 Å². The van der Waals surface area contributed by atoms with Gasteiger partial charge in [0.25, 0.3) is 0 Å². The van der Waals surface area contributed by atoms with Crippen LogP contribution in [0.25, 0.3) is 0 Å². The predicted octanol–water partition coefficient (Wildman–Crippen LogP) is 3.08. The Kier molecular flexibility index (Phi) is 3.60. The van der Waals surface area contributed by atoms with Gasteiger partial charge in [0, 0.05) is 6.20 Å². The van der Waals surface area contributed by atoms with Gasteiger partial charge in [-0.2, -0.15) is 0 Å². The molecule has 1 aromatic heterocycles. The zero-order valence-electron chi connectivity index (χ0n) is 11.0. The molecular weight excluding hydrogens is 245 g/mol. The summed E-state index contributed by atoms with van der Waals surface area (Å²) in [5.74, 6) is -0.547. The molecule has 0 bridgehead atoms. The summed E-state index contributed by atoms with van der Waals surface area (Å²) in [5.41, 5.74) is 2.25. The lowest BCUT2D eigenvalue weighted by Crippen LogP contribution is -2.08. The number of aromatic nitrogens is 1. The van der Waals surface area contributed by atoms with E-state index < -0.39 is 11.6 Å². The summed E-state index contributed by atoms with van der Waals surface area (Å²) in [7, 11) is 1.50. The predicted molar refractivity (Wildman–Crippen MR) is 70.1 cm³/mol. The number of pyridine rings is 1. The third-order valence-corrected chi connectivity index (χ3v) is 3.14. The van der Waals surface area contributed by atoms with E-state index in [2.05, 4.69) is 4.98 Å². The fraction of sp³-hybridized carbons (Fsp3) is 0.200. The molecule has 0 saturated heterocycles. The summed E-state index contributed by atoms with van der Waals surface area (Å²) < 4.78 is 18.9. The van der Waals surface area contributed by atoms with Gasteiger partial charge in [-0.25, -0.2) is 4.39 Å². The maximum Gasteiger partial charge on any atom is 0.199 e. The van der Waals surface area contributed by atoms with Crippen LogP contribution in [0.15, 0.2) is 30.6 Å². The standard InChI is InChI=1S/C15H14FNO2/c1-9-4-5-12(15(19-3)10(9)2)14(18)11-6-7-17-8-13(11)16/h4-8H,1-3H3. The van der Waals surface area contributed by atoms with Crippen molar-refractivity contribution in [2.24, 2.45) is 0 Å². The molecule has 2 aromatic rings. The Labute approximate surface area is 111 Å². The molecule has 3 nitrogen and oxygen atoms in total. The van der Waals surface area contributed by atoms with Gasteiger partial charge in [-0.1, -0.05) is 6.07 Å². The molecule has 2 rings (SSSR count). The number of nitrogens with zero attached hydrogens (tertiary/aromatic N) is 1. The summed E-state index contributed by atoms with van der Waals surface area (Å²) in [6.45, 7) is 3.80. The smallest absolute Gasteiger partial charge is 0.199 e. The van der Waals surface area contributed by atoms with Crippen LogP contribution in [0.3, 0.4) is 0 Å². The van der Waals surface area contributed by atoms with Crippen LogP contribution >= 0.6 is 0 Å². The Morgan fingerprint density at radius 1 is 1.21 bits per heavy atom. The van der Waals surface area contributed by atoms with Gasteiger partial charge in [0.05, 0.1) is 24.4 Å². The Morgan fingerprint density at radius 3 is 2.58 bits per heavy atom. The molecular formula is C15H14FNO2. The fourth-order valence-electron chi connectivity index (χ4n) is 1.94. The van der Waals surface area contributed by atoms with E-state index in [4.69, 9.17) is 4.74 Å². The van der Waals surface area contributed by atoms with Crippen LogP contribution in [-0.2, 0) is 0 Å². The van der Waals surface area contributed by atoms with Gasteiger partial charge in [-0.3, -0.25) is 9.78 Å². The lowest BCUT2D eigenvalue weighted by atomic mass is 9.98. The highest BCUT2D eigenvalue weighted by atomic mass is 19.1. The minimum atomic E-state index is -0.632. The van der Waals surface area contributed by atoms with Gasteiger partial charge in [-0.05, 0) is 37.1 Å². The highest BCUT2D eigenvalue weighted by Crippen LogP contribution is 2.28. The van der Waals surface area contributed by atoms with Crippen molar-refractivity contribution in [2.45, 2.75) is 13.8 Å². The molecule has 0 unspecified atom stereocenters. The second kappa shape index (κ2) is 5.18. The van der Waals surface area contributed by atoms with E-state index in [0.29, 0.717) is 11.3 Å². The van der Waals surface area contributed by atoms with Gasteiger partial charge in [0.1, 0.15) is 5.75 Å². The Morgan fingerprint density at radius 2 is 1.95 bits per heavy atom. The number of ketones is 1. The molecule has 0 aliphatic carbocycles. The monoisotopic (exact) mass is 259 g/mol. The molecule has 0 aliphatic heterocycles. The zero-order valence-corrected chi connectivity index (χ0v) is 11.0. The molecule has 0 radical (unpaired) electrons. The van der Waals surface area contributed by atoms with Crippen LogP contribution in [0, 0.1) is 19.7 Å². The quantitative estimate of drug-likeness (QED) is 0.795. The maximum atomic E-state index is 13.6. The van der Waals surface area contributed by atoms with E-state index in [1.54, 1.807) is 6.07 Å². The topological polar surface area (TPSA) is 39.2 Å². The molecule has 0 atom stereocenters. The molecule has 0 fully saturated rings. The molecule has 0 spiro atoms. The highest BCUT2D eigenvalue weighted by Gasteiger charge is 2.19. The number of aryl methyl sites for hydroxylation is 1. The number of hydrogen-bond donors (Lipinski definition) is 0. The number of carbonyl (C=O) groups is 1. The molecule has 19 heavy (non-hydrogen) atoms. The van der Waals surface area contributed by atoms with Crippen LogP contribution in [0.1, 0.15) is 27.0 Å². The van der Waals surface area contributed by atoms with Crippen molar-refractivity contribution >= 4 is 5.78 Å². The first-order valence-corrected chi connectivity index (χ1v) is 5.84. The number of benzene rings is 1. The van der Waals surface area contributed by atoms with Crippen LogP contribution in [0.2, 0.25) is 0 Å². The van der Waals surface area contributed by atoms with E-state index in [9.17, 15) is 9.18 Å². The molecule has 1 aromatic carbocycles. The molecule has 98 valence electrons. The second-order valence-corrected chi connectivity index (χ2v) is 4.27. The van der Waals surface area contributed by atoms with Gasteiger partial charge < -0.3 is 4.74 Å². The number of hydrogen-bond acceptors (Lipinski definition) is 3. The number of rotatable bonds is 3. The number of methoxy groups -OCH3 is 1. The van der Waals surface area contributed by atoms with E-state index in [1.165, 1.54) is 19.4 Å². The van der Waals surface area contributed by atoms with Crippen molar-refractivity contribution in [3.05, 3.63) is 58.7 Å². The van der Waals surface area contributed by atoms with E-state index in [0.717, 1.165) is 17.3 Å². The largest absolute Gasteiger partial charge is 0.496 e. The Hall–Kier alpha value is -2.23. The third kappa shape index (κ3) is 2.34. The van der Waals surface area contributed by atoms with Crippen molar-refractivity contribution in [3.8, 4) is 5.75 Å². The van der Waals surface area contributed by atoms with Crippen molar-refractivity contribution in [1.29, 1.82) is 0 Å². The normalized spacial score (nSPS) is 10.3. The zero-order chi connectivity index (χ0) is 14.0. The highest BCUT2D eigenvalue weighted by molar-refractivity contribution is 6.11. The number of carbonyl (C=O) groups excluding carboxylic acids is 1.